The van der Waals surface area contributed by atoms with E-state index in [1.165, 1.54) is 44.2 Å². The zero-order valence-electron chi connectivity index (χ0n) is 18.0. The SMILES string of the molecule is COC(=O)c1cc(NC(=O)CSc2nnc(-c3ccccc3OC)n2N)cc(C(=O)OC)c1. The Morgan fingerprint density at radius 3 is 2.24 bits per heavy atom. The monoisotopic (exact) mass is 471 g/mol. The Kier molecular flexibility index (Phi) is 7.51. The molecular weight excluding hydrogens is 450 g/mol. The Bertz CT molecular complexity index is 1160. The van der Waals surface area contributed by atoms with Gasteiger partial charge in [0.05, 0.1) is 43.8 Å². The van der Waals surface area contributed by atoms with Gasteiger partial charge in [-0.25, -0.2) is 14.3 Å². The number of esters is 2. The molecule has 172 valence electrons. The number of hydrogen-bond acceptors (Lipinski definition) is 10. The van der Waals surface area contributed by atoms with Crippen LogP contribution in [-0.2, 0) is 14.3 Å². The van der Waals surface area contributed by atoms with Crippen LogP contribution in [0.25, 0.3) is 11.4 Å². The number of aromatic nitrogens is 3. The molecule has 33 heavy (non-hydrogen) atoms. The van der Waals surface area contributed by atoms with Crippen molar-refractivity contribution in [2.75, 3.05) is 38.2 Å². The number of ether oxygens (including phenoxy) is 3. The normalized spacial score (nSPS) is 10.4. The average molecular weight is 471 g/mol. The maximum atomic E-state index is 12.5. The number of amides is 1. The topological polar surface area (TPSA) is 148 Å². The summed E-state index contributed by atoms with van der Waals surface area (Å²) in [7, 11) is 3.96. The predicted octanol–water partition coefficient (Wildman–Crippen LogP) is 1.97. The fourth-order valence-electron chi connectivity index (χ4n) is 2.89. The van der Waals surface area contributed by atoms with Gasteiger partial charge in [-0.2, -0.15) is 0 Å². The van der Waals surface area contributed by atoms with Crippen LogP contribution in [0.4, 0.5) is 5.69 Å². The largest absolute Gasteiger partial charge is 0.496 e. The number of carbonyl (C=O) groups is 3. The number of methoxy groups -OCH3 is 3. The molecule has 1 amide bonds. The first-order valence-corrected chi connectivity index (χ1v) is 10.4. The fourth-order valence-corrected chi connectivity index (χ4v) is 3.54. The van der Waals surface area contributed by atoms with Crippen molar-refractivity contribution >= 4 is 35.3 Å². The van der Waals surface area contributed by atoms with Gasteiger partial charge in [0.25, 0.3) is 0 Å². The second-order valence-electron chi connectivity index (χ2n) is 6.50. The van der Waals surface area contributed by atoms with Crippen LogP contribution in [0.2, 0.25) is 0 Å². The van der Waals surface area contributed by atoms with Gasteiger partial charge in [0.15, 0.2) is 5.82 Å². The summed E-state index contributed by atoms with van der Waals surface area (Å²) < 4.78 is 16.0. The molecule has 3 aromatic rings. The minimum Gasteiger partial charge on any atom is -0.496 e. The molecule has 11 nitrogen and oxygen atoms in total. The number of nitrogens with two attached hydrogens (primary N) is 1. The van der Waals surface area contributed by atoms with Gasteiger partial charge in [-0.3, -0.25) is 4.79 Å². The number of rotatable bonds is 8. The van der Waals surface area contributed by atoms with Gasteiger partial charge < -0.3 is 25.4 Å². The van der Waals surface area contributed by atoms with Crippen molar-refractivity contribution in [2.24, 2.45) is 0 Å². The summed E-state index contributed by atoms with van der Waals surface area (Å²) in [6, 6.07) is 11.3. The molecule has 0 saturated heterocycles. The molecule has 0 saturated carbocycles. The number of thioether (sulfide) groups is 1. The van der Waals surface area contributed by atoms with Gasteiger partial charge in [-0.05, 0) is 30.3 Å². The molecule has 0 unspecified atom stereocenters. The van der Waals surface area contributed by atoms with Crippen LogP contribution in [0.3, 0.4) is 0 Å². The third-order valence-corrected chi connectivity index (χ3v) is 5.35. The molecular formula is C21H21N5O6S. The Morgan fingerprint density at radius 2 is 1.64 bits per heavy atom. The molecule has 0 aliphatic rings. The molecule has 0 spiro atoms. The smallest absolute Gasteiger partial charge is 0.337 e. The molecule has 2 aromatic carbocycles. The minimum atomic E-state index is -0.661. The quantitative estimate of drug-likeness (QED) is 0.284. The van der Waals surface area contributed by atoms with Crippen LogP contribution in [0, 0.1) is 0 Å². The first-order chi connectivity index (χ1) is 15.9. The highest BCUT2D eigenvalue weighted by atomic mass is 32.2. The molecule has 1 aromatic heterocycles. The Hall–Kier alpha value is -4.06. The van der Waals surface area contributed by atoms with E-state index >= 15 is 0 Å². The van der Waals surface area contributed by atoms with Gasteiger partial charge in [-0.15, -0.1) is 10.2 Å². The van der Waals surface area contributed by atoms with Crippen LogP contribution < -0.4 is 15.9 Å². The maximum Gasteiger partial charge on any atom is 0.337 e. The molecule has 0 radical (unpaired) electrons. The van der Waals surface area contributed by atoms with Crippen molar-refractivity contribution in [1.82, 2.24) is 14.9 Å². The average Bonchev–Trinajstić information content (AvgIpc) is 3.21. The number of para-hydroxylation sites is 1. The summed E-state index contributed by atoms with van der Waals surface area (Å²) in [6.45, 7) is 0. The van der Waals surface area contributed by atoms with E-state index in [0.29, 0.717) is 22.3 Å². The molecule has 1 heterocycles. The number of nitrogens with one attached hydrogen (secondary N) is 1. The highest BCUT2D eigenvalue weighted by Crippen LogP contribution is 2.29. The maximum absolute atomic E-state index is 12.5. The van der Waals surface area contributed by atoms with Gasteiger partial charge in [0, 0.05) is 5.69 Å². The molecule has 3 rings (SSSR count). The van der Waals surface area contributed by atoms with Crippen molar-refractivity contribution in [3.05, 3.63) is 53.6 Å². The summed E-state index contributed by atoms with van der Waals surface area (Å²) in [6.07, 6.45) is 0. The molecule has 0 atom stereocenters. The molecule has 3 N–H and O–H groups in total. The lowest BCUT2D eigenvalue weighted by Gasteiger charge is -2.10. The van der Waals surface area contributed by atoms with E-state index < -0.39 is 17.8 Å². The van der Waals surface area contributed by atoms with Gasteiger partial charge in [0.2, 0.25) is 11.1 Å². The van der Waals surface area contributed by atoms with Gasteiger partial charge in [0.1, 0.15) is 5.75 Å². The highest BCUT2D eigenvalue weighted by Gasteiger charge is 2.18. The van der Waals surface area contributed by atoms with Crippen molar-refractivity contribution in [1.29, 1.82) is 0 Å². The van der Waals surface area contributed by atoms with E-state index in [1.54, 1.807) is 12.1 Å². The number of benzene rings is 2. The van der Waals surface area contributed by atoms with Gasteiger partial charge >= 0.3 is 11.9 Å². The number of nitrogens with zero attached hydrogens (tertiary/aromatic N) is 3. The highest BCUT2D eigenvalue weighted by molar-refractivity contribution is 7.99. The summed E-state index contributed by atoms with van der Waals surface area (Å²) in [5.41, 5.74) is 1.06. The van der Waals surface area contributed by atoms with Crippen molar-refractivity contribution < 1.29 is 28.6 Å². The predicted molar refractivity (Wildman–Crippen MR) is 121 cm³/mol. The fraction of sp³-hybridized carbons (Fsp3) is 0.190. The van der Waals surface area contributed by atoms with E-state index in [-0.39, 0.29) is 22.6 Å². The lowest BCUT2D eigenvalue weighted by molar-refractivity contribution is -0.113. The number of nitrogen functional groups attached to an aromatic ring is 1. The van der Waals surface area contributed by atoms with Crippen LogP contribution >= 0.6 is 11.8 Å². The molecule has 0 bridgehead atoms. The zero-order valence-corrected chi connectivity index (χ0v) is 18.8. The summed E-state index contributed by atoms with van der Waals surface area (Å²) >= 11 is 1.06. The van der Waals surface area contributed by atoms with Crippen LogP contribution in [0.15, 0.2) is 47.6 Å². The molecule has 12 heteroatoms. The molecule has 0 aliphatic heterocycles. The number of anilines is 1. The molecule has 0 aliphatic carbocycles. The molecule has 0 fully saturated rings. The third kappa shape index (κ3) is 5.41. The number of hydrogen-bond donors (Lipinski definition) is 2. The van der Waals surface area contributed by atoms with Crippen molar-refractivity contribution in [3.8, 4) is 17.1 Å². The van der Waals surface area contributed by atoms with E-state index in [4.69, 9.17) is 10.6 Å². The summed E-state index contributed by atoms with van der Waals surface area (Å²) in [4.78, 5) is 36.3. The van der Waals surface area contributed by atoms with Gasteiger partial charge in [-0.1, -0.05) is 23.9 Å². The van der Waals surface area contributed by atoms with Crippen LogP contribution in [-0.4, -0.2) is 59.8 Å². The Labute approximate surface area is 193 Å². The van der Waals surface area contributed by atoms with E-state index in [9.17, 15) is 14.4 Å². The second-order valence-corrected chi connectivity index (χ2v) is 7.44. The third-order valence-electron chi connectivity index (χ3n) is 4.40. The first kappa shape index (κ1) is 23.6. The van der Waals surface area contributed by atoms with E-state index in [1.807, 2.05) is 12.1 Å². The standard InChI is InChI=1S/C21H21N5O6S/c1-30-16-7-5-4-6-15(16)18-24-25-21(26(18)22)33-11-17(27)23-14-9-12(19(28)31-2)8-13(10-14)20(29)32-3/h4-10H,11,22H2,1-3H3,(H,23,27). The Morgan fingerprint density at radius 1 is 1.00 bits per heavy atom. The summed E-state index contributed by atoms with van der Waals surface area (Å²) in [5.74, 6) is 5.28. The van der Waals surface area contributed by atoms with Crippen molar-refractivity contribution in [3.63, 3.8) is 0 Å². The lowest BCUT2D eigenvalue weighted by Crippen LogP contribution is -2.17. The van der Waals surface area contributed by atoms with E-state index in [2.05, 4.69) is 25.0 Å². The Balaban J connectivity index is 1.73. The van der Waals surface area contributed by atoms with E-state index in [0.717, 1.165) is 11.8 Å². The second kappa shape index (κ2) is 10.5. The minimum absolute atomic E-state index is 0.0583. The lowest BCUT2D eigenvalue weighted by atomic mass is 10.1. The van der Waals surface area contributed by atoms with Crippen molar-refractivity contribution in [2.45, 2.75) is 5.16 Å². The van der Waals surface area contributed by atoms with Crippen LogP contribution in [0.1, 0.15) is 20.7 Å². The zero-order chi connectivity index (χ0) is 24.0. The van der Waals surface area contributed by atoms with Crippen LogP contribution in [0.5, 0.6) is 5.75 Å². The first-order valence-electron chi connectivity index (χ1n) is 9.46. The number of carbonyl (C=O) groups excluding carboxylic acids is 3. The summed E-state index contributed by atoms with van der Waals surface area (Å²) in [5, 5.41) is 11.1.